The van der Waals surface area contributed by atoms with Gasteiger partial charge in [-0.1, -0.05) is 32.0 Å². The molecular weight excluding hydrogens is 351 g/mol. The summed E-state index contributed by atoms with van der Waals surface area (Å²) in [4.78, 5) is 24.8. The quantitative estimate of drug-likeness (QED) is 0.674. The molecule has 0 saturated carbocycles. The van der Waals surface area contributed by atoms with Crippen molar-refractivity contribution in [2.75, 3.05) is 7.11 Å². The van der Waals surface area contributed by atoms with Gasteiger partial charge in [-0.05, 0) is 12.0 Å². The average molecular weight is 372 g/mol. The van der Waals surface area contributed by atoms with Crippen LogP contribution in [-0.4, -0.2) is 29.6 Å². The lowest BCUT2D eigenvalue weighted by molar-refractivity contribution is -0.144. The lowest BCUT2D eigenvalue weighted by atomic mass is 10.0. The number of esters is 1. The van der Waals surface area contributed by atoms with Gasteiger partial charge in [-0.15, -0.1) is 0 Å². The summed E-state index contributed by atoms with van der Waals surface area (Å²) in [6.07, 6.45) is 1.51. The van der Waals surface area contributed by atoms with Gasteiger partial charge in [-0.3, -0.25) is 4.79 Å². The van der Waals surface area contributed by atoms with Gasteiger partial charge in [0.05, 0.1) is 25.4 Å². The van der Waals surface area contributed by atoms with Gasteiger partial charge in [0.15, 0.2) is 5.58 Å². The highest BCUT2D eigenvalue weighted by Crippen LogP contribution is 2.23. The Morgan fingerprint density at radius 3 is 2.67 bits per heavy atom. The first kappa shape index (κ1) is 18.7. The van der Waals surface area contributed by atoms with Crippen molar-refractivity contribution in [3.63, 3.8) is 0 Å². The van der Waals surface area contributed by atoms with E-state index in [1.165, 1.54) is 19.4 Å². The molecule has 1 atom stereocenters. The summed E-state index contributed by atoms with van der Waals surface area (Å²) in [6.45, 7) is 3.78. The first-order valence-electron chi connectivity index (χ1n) is 8.61. The maximum atomic E-state index is 14.1. The highest BCUT2D eigenvalue weighted by molar-refractivity contribution is 5.99. The number of amides is 1. The molecule has 0 spiro atoms. The Kier molecular flexibility index (Phi) is 5.30. The van der Waals surface area contributed by atoms with Crippen molar-refractivity contribution in [3.05, 3.63) is 59.7 Å². The fourth-order valence-corrected chi connectivity index (χ4v) is 2.97. The molecule has 142 valence electrons. The molecule has 0 radical (unpaired) electrons. The largest absolute Gasteiger partial charge is 0.467 e. The van der Waals surface area contributed by atoms with E-state index in [2.05, 4.69) is 5.32 Å². The highest BCUT2D eigenvalue weighted by atomic mass is 19.1. The zero-order valence-electron chi connectivity index (χ0n) is 15.4. The fraction of sp³-hybridized carbons (Fsp3) is 0.300. The molecule has 1 N–H and O–H groups in total. The van der Waals surface area contributed by atoms with Gasteiger partial charge in [-0.25, -0.2) is 9.18 Å². The second-order valence-corrected chi connectivity index (χ2v) is 6.60. The number of nitrogens with one attached hydrogen (secondary N) is 1. The van der Waals surface area contributed by atoms with Gasteiger partial charge < -0.3 is 19.0 Å². The minimum atomic E-state index is -0.786. The van der Waals surface area contributed by atoms with E-state index in [0.717, 1.165) is 0 Å². The number of ether oxygens (including phenoxy) is 1. The number of hydrogen-bond acceptors (Lipinski definition) is 4. The van der Waals surface area contributed by atoms with Gasteiger partial charge >= 0.3 is 5.97 Å². The number of benzene rings is 1. The number of hydrogen-bond donors (Lipinski definition) is 1. The fourth-order valence-electron chi connectivity index (χ4n) is 2.97. The molecule has 3 aromatic rings. The molecule has 0 aliphatic rings. The minimum Gasteiger partial charge on any atom is -0.467 e. The Labute approximate surface area is 155 Å². The maximum absolute atomic E-state index is 14.1. The van der Waals surface area contributed by atoms with Gasteiger partial charge in [0.25, 0.3) is 5.91 Å². The first-order chi connectivity index (χ1) is 12.9. The van der Waals surface area contributed by atoms with Crippen molar-refractivity contribution in [2.45, 2.75) is 26.4 Å². The number of carbonyl (C=O) groups is 2. The van der Waals surface area contributed by atoms with E-state index in [4.69, 9.17) is 9.15 Å². The van der Waals surface area contributed by atoms with Crippen LogP contribution in [0.1, 0.15) is 29.9 Å². The van der Waals surface area contributed by atoms with Gasteiger partial charge in [0.2, 0.25) is 0 Å². The molecule has 2 aromatic heterocycles. The standard InChI is InChI=1S/C20H21FN2O4/c1-12(2)18(20(25)26-3)22-19(24)16-10-17-15(8-9-27-17)23(16)11-13-6-4-5-7-14(13)21/h4-10,12,18H,11H2,1-3H3,(H,22,24). The summed E-state index contributed by atoms with van der Waals surface area (Å²) in [7, 11) is 1.28. The summed E-state index contributed by atoms with van der Waals surface area (Å²) in [5, 5.41) is 2.71. The van der Waals surface area contributed by atoms with Crippen LogP contribution in [0.3, 0.4) is 0 Å². The summed E-state index contributed by atoms with van der Waals surface area (Å²) >= 11 is 0. The third kappa shape index (κ3) is 3.72. The molecule has 7 heteroatoms. The number of rotatable bonds is 6. The van der Waals surface area contributed by atoms with Crippen LogP contribution < -0.4 is 5.32 Å². The predicted molar refractivity (Wildman–Crippen MR) is 97.8 cm³/mol. The zero-order chi connectivity index (χ0) is 19.6. The molecule has 0 bridgehead atoms. The number of furan rings is 1. The number of carbonyl (C=O) groups excluding carboxylic acids is 2. The first-order valence-corrected chi connectivity index (χ1v) is 8.61. The smallest absolute Gasteiger partial charge is 0.328 e. The molecule has 0 aliphatic carbocycles. The second kappa shape index (κ2) is 7.65. The molecule has 0 aliphatic heterocycles. The van der Waals surface area contributed by atoms with Crippen LogP contribution in [0.5, 0.6) is 0 Å². The van der Waals surface area contributed by atoms with Crippen LogP contribution in [-0.2, 0) is 16.1 Å². The third-order valence-corrected chi connectivity index (χ3v) is 4.45. The van der Waals surface area contributed by atoms with Crippen molar-refractivity contribution < 1.29 is 23.1 Å². The predicted octanol–water partition coefficient (Wildman–Crippen LogP) is 3.35. The van der Waals surface area contributed by atoms with Crippen molar-refractivity contribution >= 4 is 23.0 Å². The van der Waals surface area contributed by atoms with E-state index in [1.54, 1.807) is 34.9 Å². The van der Waals surface area contributed by atoms with Crippen LogP contribution >= 0.6 is 0 Å². The lowest BCUT2D eigenvalue weighted by Crippen LogP contribution is -2.45. The Morgan fingerprint density at radius 2 is 2.00 bits per heavy atom. The topological polar surface area (TPSA) is 73.5 Å². The molecule has 0 fully saturated rings. The average Bonchev–Trinajstić information content (AvgIpc) is 3.23. The Morgan fingerprint density at radius 1 is 1.26 bits per heavy atom. The van der Waals surface area contributed by atoms with Crippen LogP contribution in [0.15, 0.2) is 47.1 Å². The van der Waals surface area contributed by atoms with E-state index >= 15 is 0 Å². The minimum absolute atomic E-state index is 0.153. The SMILES string of the molecule is COC(=O)C(NC(=O)c1cc2occc2n1Cc1ccccc1F)C(C)C. The van der Waals surface area contributed by atoms with Crippen LogP contribution in [0, 0.1) is 11.7 Å². The van der Waals surface area contributed by atoms with Gasteiger partial charge in [-0.2, -0.15) is 0 Å². The van der Waals surface area contributed by atoms with E-state index in [9.17, 15) is 14.0 Å². The molecule has 2 heterocycles. The summed E-state index contributed by atoms with van der Waals surface area (Å²) < 4.78 is 25.9. The molecule has 0 saturated heterocycles. The van der Waals surface area contributed by atoms with Crippen LogP contribution in [0.2, 0.25) is 0 Å². The summed E-state index contributed by atoms with van der Waals surface area (Å²) in [6, 6.07) is 8.89. The number of halogens is 1. The van der Waals surface area contributed by atoms with Gasteiger partial charge in [0, 0.05) is 17.7 Å². The van der Waals surface area contributed by atoms with Crippen molar-refractivity contribution in [3.8, 4) is 0 Å². The molecule has 1 unspecified atom stereocenters. The van der Waals surface area contributed by atoms with Crippen molar-refractivity contribution in [1.82, 2.24) is 9.88 Å². The molecule has 1 amide bonds. The van der Waals surface area contributed by atoms with E-state index in [-0.39, 0.29) is 24.0 Å². The number of fused-ring (bicyclic) bond motifs is 1. The number of aromatic nitrogens is 1. The Bertz CT molecular complexity index is 973. The number of methoxy groups -OCH3 is 1. The van der Waals surface area contributed by atoms with Crippen LogP contribution in [0.4, 0.5) is 4.39 Å². The second-order valence-electron chi connectivity index (χ2n) is 6.60. The van der Waals surface area contributed by atoms with Crippen molar-refractivity contribution in [1.29, 1.82) is 0 Å². The highest BCUT2D eigenvalue weighted by Gasteiger charge is 2.27. The van der Waals surface area contributed by atoms with E-state index < -0.39 is 17.9 Å². The molecule has 6 nitrogen and oxygen atoms in total. The zero-order valence-corrected chi connectivity index (χ0v) is 15.4. The molecule has 27 heavy (non-hydrogen) atoms. The Balaban J connectivity index is 1.96. The van der Waals surface area contributed by atoms with Crippen LogP contribution in [0.25, 0.3) is 11.1 Å². The van der Waals surface area contributed by atoms with E-state index in [1.807, 2.05) is 13.8 Å². The molecule has 3 rings (SSSR count). The van der Waals surface area contributed by atoms with Crippen molar-refractivity contribution in [2.24, 2.45) is 5.92 Å². The Hall–Kier alpha value is -3.09. The lowest BCUT2D eigenvalue weighted by Gasteiger charge is -2.20. The normalized spacial score (nSPS) is 12.3. The van der Waals surface area contributed by atoms with E-state index in [0.29, 0.717) is 16.7 Å². The number of nitrogens with zero attached hydrogens (tertiary/aromatic N) is 1. The summed E-state index contributed by atoms with van der Waals surface area (Å²) in [5.74, 6) is -1.49. The third-order valence-electron chi connectivity index (χ3n) is 4.45. The maximum Gasteiger partial charge on any atom is 0.328 e. The molecule has 1 aromatic carbocycles. The summed E-state index contributed by atoms with van der Waals surface area (Å²) in [5.41, 5.74) is 1.90. The van der Waals surface area contributed by atoms with Gasteiger partial charge in [0.1, 0.15) is 17.6 Å². The monoisotopic (exact) mass is 372 g/mol. The molecular formula is C20H21FN2O4.